The van der Waals surface area contributed by atoms with Gasteiger partial charge >= 0.3 is 0 Å². The van der Waals surface area contributed by atoms with Gasteiger partial charge in [-0.05, 0) is 43.5 Å². The van der Waals surface area contributed by atoms with Crippen LogP contribution in [0.1, 0.15) is 29.6 Å². The molecule has 156 valence electrons. The fraction of sp³-hybridized carbons (Fsp3) is 0.364. The first-order chi connectivity index (χ1) is 14.7. The van der Waals surface area contributed by atoms with Crippen LogP contribution in [0.25, 0.3) is 11.4 Å². The fourth-order valence-electron chi connectivity index (χ4n) is 3.67. The second kappa shape index (κ2) is 9.60. The Morgan fingerprint density at radius 2 is 1.97 bits per heavy atom. The summed E-state index contributed by atoms with van der Waals surface area (Å²) in [6, 6.07) is 14.5. The molecule has 8 heteroatoms. The van der Waals surface area contributed by atoms with E-state index in [4.69, 9.17) is 4.74 Å². The summed E-state index contributed by atoms with van der Waals surface area (Å²) < 4.78 is 7.84. The maximum absolute atomic E-state index is 12.4. The maximum atomic E-state index is 12.4. The summed E-state index contributed by atoms with van der Waals surface area (Å²) in [6.45, 7) is 0.521. The zero-order valence-corrected chi connectivity index (χ0v) is 16.6. The topological polar surface area (TPSA) is 102 Å². The number of aliphatic hydroxyl groups excluding tert-OH is 1. The van der Waals surface area contributed by atoms with Gasteiger partial charge in [0.1, 0.15) is 11.8 Å². The monoisotopic (exact) mass is 407 g/mol. The van der Waals surface area contributed by atoms with E-state index in [1.165, 1.54) is 0 Å². The molecule has 1 aliphatic heterocycles. The van der Waals surface area contributed by atoms with E-state index in [9.17, 15) is 9.90 Å². The van der Waals surface area contributed by atoms with E-state index in [0.29, 0.717) is 12.1 Å². The molecule has 2 aromatic heterocycles. The molecular formula is C22H25N5O3. The molecule has 1 fully saturated rings. The third kappa shape index (κ3) is 4.90. The summed E-state index contributed by atoms with van der Waals surface area (Å²) in [7, 11) is 0. The van der Waals surface area contributed by atoms with Gasteiger partial charge in [-0.25, -0.2) is 0 Å². The first-order valence-electron chi connectivity index (χ1n) is 10.2. The highest BCUT2D eigenvalue weighted by molar-refractivity contribution is 5.94. The van der Waals surface area contributed by atoms with Crippen molar-refractivity contribution in [3.63, 3.8) is 0 Å². The van der Waals surface area contributed by atoms with Crippen molar-refractivity contribution >= 4 is 5.91 Å². The molecule has 0 aliphatic carbocycles. The number of aliphatic hydroxyl groups is 1. The van der Waals surface area contributed by atoms with Crippen LogP contribution >= 0.6 is 0 Å². The fourth-order valence-corrected chi connectivity index (χ4v) is 3.67. The van der Waals surface area contributed by atoms with Gasteiger partial charge in [0.2, 0.25) is 0 Å². The summed E-state index contributed by atoms with van der Waals surface area (Å²) in [5, 5.41) is 21.1. The molecule has 0 spiro atoms. The number of aromatic nitrogens is 4. The Morgan fingerprint density at radius 1 is 1.13 bits per heavy atom. The van der Waals surface area contributed by atoms with E-state index in [1.54, 1.807) is 23.0 Å². The Labute approximate surface area is 174 Å². The van der Waals surface area contributed by atoms with E-state index in [0.717, 1.165) is 30.7 Å². The number of pyridine rings is 1. The summed E-state index contributed by atoms with van der Waals surface area (Å²) in [4.78, 5) is 16.7. The van der Waals surface area contributed by atoms with Crippen molar-refractivity contribution in [3.05, 3.63) is 66.5 Å². The number of rotatable bonds is 7. The van der Waals surface area contributed by atoms with Gasteiger partial charge in [-0.15, -0.1) is 5.10 Å². The zero-order valence-electron chi connectivity index (χ0n) is 16.6. The van der Waals surface area contributed by atoms with Crippen molar-refractivity contribution in [2.75, 3.05) is 6.61 Å². The third-order valence-corrected chi connectivity index (χ3v) is 5.29. The molecule has 3 atom stereocenters. The predicted octanol–water partition coefficient (Wildman–Crippen LogP) is 2.07. The third-order valence-electron chi connectivity index (χ3n) is 5.29. The minimum absolute atomic E-state index is 0.00507. The number of hydrogen-bond acceptors (Lipinski definition) is 6. The minimum Gasteiger partial charge on any atom is -0.394 e. The molecular weight excluding hydrogens is 382 g/mol. The number of ether oxygens (including phenoxy) is 1. The van der Waals surface area contributed by atoms with Gasteiger partial charge in [-0.1, -0.05) is 29.5 Å². The van der Waals surface area contributed by atoms with Crippen LogP contribution in [-0.2, 0) is 11.3 Å². The highest BCUT2D eigenvalue weighted by atomic mass is 16.5. The minimum atomic E-state index is -0.420. The lowest BCUT2D eigenvalue weighted by molar-refractivity contribution is -0.0912. The number of carbonyl (C=O) groups is 1. The van der Waals surface area contributed by atoms with Crippen molar-refractivity contribution in [2.24, 2.45) is 0 Å². The number of benzene rings is 1. The second-order valence-corrected chi connectivity index (χ2v) is 7.37. The van der Waals surface area contributed by atoms with Crippen molar-refractivity contribution < 1.29 is 14.6 Å². The van der Waals surface area contributed by atoms with Gasteiger partial charge < -0.3 is 15.2 Å². The molecule has 1 saturated heterocycles. The number of nitrogens with zero attached hydrogens (tertiary/aromatic N) is 4. The normalized spacial score (nSPS) is 21.3. The van der Waals surface area contributed by atoms with Gasteiger partial charge in [0.05, 0.1) is 30.6 Å². The van der Waals surface area contributed by atoms with E-state index < -0.39 is 6.10 Å². The van der Waals surface area contributed by atoms with Gasteiger partial charge in [0.15, 0.2) is 0 Å². The average Bonchev–Trinajstić information content (AvgIpc) is 3.28. The van der Waals surface area contributed by atoms with Crippen LogP contribution in [0, 0.1) is 0 Å². The Bertz CT molecular complexity index is 948. The Morgan fingerprint density at radius 3 is 2.73 bits per heavy atom. The number of carbonyl (C=O) groups excluding carboxylic acids is 1. The molecule has 0 radical (unpaired) electrons. The highest BCUT2D eigenvalue weighted by Crippen LogP contribution is 2.23. The molecule has 0 unspecified atom stereocenters. The van der Waals surface area contributed by atoms with Crippen LogP contribution in [0.4, 0.5) is 0 Å². The Kier molecular flexibility index (Phi) is 6.46. The van der Waals surface area contributed by atoms with Crippen LogP contribution in [-0.4, -0.2) is 55.8 Å². The summed E-state index contributed by atoms with van der Waals surface area (Å²) in [5.41, 5.74) is 2.12. The number of nitrogens with one attached hydrogen (secondary N) is 1. The van der Waals surface area contributed by atoms with Gasteiger partial charge in [-0.3, -0.25) is 14.5 Å². The molecule has 1 aromatic carbocycles. The molecule has 3 heterocycles. The lowest BCUT2D eigenvalue weighted by atomic mass is 9.96. The van der Waals surface area contributed by atoms with Crippen LogP contribution in [0.5, 0.6) is 0 Å². The first kappa shape index (κ1) is 20.2. The summed E-state index contributed by atoms with van der Waals surface area (Å²) >= 11 is 0. The van der Waals surface area contributed by atoms with Gasteiger partial charge in [-0.2, -0.15) is 0 Å². The largest absolute Gasteiger partial charge is 0.394 e. The van der Waals surface area contributed by atoms with E-state index >= 15 is 0 Å². The standard InChI is InChI=1S/C22H25N5O3/c28-15-21-19(24-22(29)16-6-2-1-3-7-16)10-9-17(30-21)11-13-27-14-20(25-26-27)18-8-4-5-12-23-18/h1-8,12,14,17,19,21,28H,9-11,13,15H2,(H,24,29)/t17-,19+,21+/m1/s1. The van der Waals surface area contributed by atoms with E-state index in [1.807, 2.05) is 42.6 Å². The molecule has 1 aliphatic rings. The van der Waals surface area contributed by atoms with Crippen molar-refractivity contribution in [1.82, 2.24) is 25.3 Å². The highest BCUT2D eigenvalue weighted by Gasteiger charge is 2.32. The lowest BCUT2D eigenvalue weighted by Gasteiger charge is -2.36. The molecule has 0 saturated carbocycles. The molecule has 2 N–H and O–H groups in total. The van der Waals surface area contributed by atoms with Crippen LogP contribution in [0.15, 0.2) is 60.9 Å². The maximum Gasteiger partial charge on any atom is 0.251 e. The number of hydrogen-bond donors (Lipinski definition) is 2. The summed E-state index contributed by atoms with van der Waals surface area (Å²) in [5.74, 6) is -0.147. The SMILES string of the molecule is O=C(N[C@H]1CC[C@H](CCn2cc(-c3ccccn3)nn2)O[C@H]1CO)c1ccccc1. The van der Waals surface area contributed by atoms with Gasteiger partial charge in [0, 0.05) is 18.3 Å². The molecule has 3 aromatic rings. The zero-order chi connectivity index (χ0) is 20.8. The van der Waals surface area contributed by atoms with Crippen molar-refractivity contribution in [1.29, 1.82) is 0 Å². The Hall–Kier alpha value is -3.10. The molecule has 0 bridgehead atoms. The lowest BCUT2D eigenvalue weighted by Crippen LogP contribution is -2.51. The molecule has 4 rings (SSSR count). The van der Waals surface area contributed by atoms with Crippen molar-refractivity contribution in [3.8, 4) is 11.4 Å². The molecule has 30 heavy (non-hydrogen) atoms. The van der Waals surface area contributed by atoms with Gasteiger partial charge in [0.25, 0.3) is 5.91 Å². The van der Waals surface area contributed by atoms with E-state index in [-0.39, 0.29) is 24.7 Å². The quantitative estimate of drug-likeness (QED) is 0.622. The number of aryl methyl sites for hydroxylation is 1. The van der Waals surface area contributed by atoms with Crippen LogP contribution < -0.4 is 5.32 Å². The number of amides is 1. The van der Waals surface area contributed by atoms with Crippen molar-refractivity contribution in [2.45, 2.75) is 44.1 Å². The van der Waals surface area contributed by atoms with Crippen LogP contribution in [0.2, 0.25) is 0 Å². The smallest absolute Gasteiger partial charge is 0.251 e. The molecule has 1 amide bonds. The predicted molar refractivity (Wildman–Crippen MR) is 111 cm³/mol. The Balaban J connectivity index is 1.29. The second-order valence-electron chi connectivity index (χ2n) is 7.37. The summed E-state index contributed by atoms with van der Waals surface area (Å²) in [6.07, 6.45) is 5.49. The first-order valence-corrected chi connectivity index (χ1v) is 10.2. The van der Waals surface area contributed by atoms with Crippen LogP contribution in [0.3, 0.4) is 0 Å². The van der Waals surface area contributed by atoms with E-state index in [2.05, 4.69) is 20.6 Å². The average molecular weight is 407 g/mol. The molecule has 8 nitrogen and oxygen atoms in total.